The Balaban J connectivity index is 2.28. The fourth-order valence-electron chi connectivity index (χ4n) is 0.627. The van der Waals surface area contributed by atoms with Crippen molar-refractivity contribution in [2.75, 3.05) is 13.1 Å². The van der Waals surface area contributed by atoms with Gasteiger partial charge in [-0.2, -0.15) is 0 Å². The number of rotatable bonds is 0. The molecule has 2 atom stereocenters. The summed E-state index contributed by atoms with van der Waals surface area (Å²) >= 11 is 11.3. The van der Waals surface area contributed by atoms with Crippen LogP contribution in [0.2, 0.25) is 0 Å². The summed E-state index contributed by atoms with van der Waals surface area (Å²) in [5, 5.41) is 6.01. The molecule has 1 rings (SSSR count). The molecule has 0 aromatic heterocycles. The van der Waals surface area contributed by atoms with Crippen LogP contribution in [0.1, 0.15) is 0 Å². The summed E-state index contributed by atoms with van der Waals surface area (Å²) < 4.78 is 0. The molecule has 0 spiro atoms. The molecule has 0 aromatic carbocycles. The van der Waals surface area contributed by atoms with Crippen molar-refractivity contribution in [3.8, 4) is 0 Å². The number of piperazine rings is 1. The molecule has 0 amide bonds. The average molecular weight is 155 g/mol. The van der Waals surface area contributed by atoms with E-state index in [1.54, 1.807) is 0 Å². The number of nitrogens with one attached hydrogen (secondary N) is 2. The summed E-state index contributed by atoms with van der Waals surface area (Å²) in [6, 6.07) is 0. The van der Waals surface area contributed by atoms with E-state index in [1.165, 1.54) is 0 Å². The Labute approximate surface area is 58.5 Å². The number of halogens is 2. The smallest absolute Gasteiger partial charge is 0.112 e. The van der Waals surface area contributed by atoms with Crippen LogP contribution in [0.5, 0.6) is 0 Å². The van der Waals surface area contributed by atoms with Crippen LogP contribution in [0.25, 0.3) is 0 Å². The Morgan fingerprint density at radius 1 is 1.00 bits per heavy atom. The Morgan fingerprint density at radius 3 is 1.62 bits per heavy atom. The van der Waals surface area contributed by atoms with Crippen molar-refractivity contribution >= 4 is 23.2 Å². The number of hydrogen-bond acceptors (Lipinski definition) is 2. The van der Waals surface area contributed by atoms with E-state index in [0.717, 1.165) is 13.1 Å². The van der Waals surface area contributed by atoms with Crippen molar-refractivity contribution in [2.24, 2.45) is 0 Å². The lowest BCUT2D eigenvalue weighted by Gasteiger charge is -2.24. The molecule has 1 heterocycles. The number of alkyl halides is 2. The first-order chi connectivity index (χ1) is 3.80. The molecule has 0 aromatic rings. The topological polar surface area (TPSA) is 24.1 Å². The zero-order valence-corrected chi connectivity index (χ0v) is 5.84. The van der Waals surface area contributed by atoms with Gasteiger partial charge in [0.15, 0.2) is 0 Å². The van der Waals surface area contributed by atoms with E-state index in [-0.39, 0.29) is 11.0 Å². The maximum atomic E-state index is 5.66. The highest BCUT2D eigenvalue weighted by atomic mass is 35.5. The maximum absolute atomic E-state index is 5.66. The molecule has 2 nitrogen and oxygen atoms in total. The summed E-state index contributed by atoms with van der Waals surface area (Å²) in [5.41, 5.74) is -0.240. The largest absolute Gasteiger partial charge is 0.298 e. The van der Waals surface area contributed by atoms with Crippen molar-refractivity contribution in [2.45, 2.75) is 11.0 Å². The minimum absolute atomic E-state index is 0.120. The van der Waals surface area contributed by atoms with Gasteiger partial charge in [-0.15, -0.1) is 23.2 Å². The third-order valence-corrected chi connectivity index (χ3v) is 2.00. The SMILES string of the molecule is ClC1NCCNC1Cl. The molecule has 48 valence electrons. The standard InChI is InChI=1S/C4H8Cl2N2/c5-3-4(6)8-2-1-7-3/h3-4,7-8H,1-2H2. The highest BCUT2D eigenvalue weighted by Gasteiger charge is 2.18. The lowest BCUT2D eigenvalue weighted by molar-refractivity contribution is 0.468. The van der Waals surface area contributed by atoms with Gasteiger partial charge in [0.1, 0.15) is 11.0 Å². The molecule has 1 aliphatic heterocycles. The second kappa shape index (κ2) is 2.87. The normalized spacial score (nSPS) is 39.8. The second-order valence-corrected chi connectivity index (χ2v) is 2.65. The monoisotopic (exact) mass is 154 g/mol. The third kappa shape index (κ3) is 1.49. The molecule has 0 saturated carbocycles. The zero-order valence-electron chi connectivity index (χ0n) is 4.32. The summed E-state index contributed by atoms with van der Waals surface area (Å²) in [7, 11) is 0. The predicted molar refractivity (Wildman–Crippen MR) is 35.3 cm³/mol. The van der Waals surface area contributed by atoms with E-state index >= 15 is 0 Å². The second-order valence-electron chi connectivity index (χ2n) is 1.71. The highest BCUT2D eigenvalue weighted by molar-refractivity contribution is 6.29. The molecular weight excluding hydrogens is 147 g/mol. The first-order valence-electron chi connectivity index (χ1n) is 2.55. The van der Waals surface area contributed by atoms with Gasteiger partial charge in [0.25, 0.3) is 0 Å². The van der Waals surface area contributed by atoms with Crippen molar-refractivity contribution in [3.63, 3.8) is 0 Å². The van der Waals surface area contributed by atoms with Gasteiger partial charge in [-0.05, 0) is 0 Å². The van der Waals surface area contributed by atoms with E-state index in [1.807, 2.05) is 0 Å². The van der Waals surface area contributed by atoms with Crippen molar-refractivity contribution in [1.29, 1.82) is 0 Å². The Kier molecular flexibility index (Phi) is 2.38. The quantitative estimate of drug-likeness (QED) is 0.388. The third-order valence-electron chi connectivity index (χ3n) is 1.06. The highest BCUT2D eigenvalue weighted by Crippen LogP contribution is 2.05. The minimum Gasteiger partial charge on any atom is -0.298 e. The van der Waals surface area contributed by atoms with Gasteiger partial charge in [0.2, 0.25) is 0 Å². The lowest BCUT2D eigenvalue weighted by atomic mass is 10.4. The van der Waals surface area contributed by atoms with Gasteiger partial charge >= 0.3 is 0 Å². The van der Waals surface area contributed by atoms with Crippen LogP contribution < -0.4 is 10.6 Å². The van der Waals surface area contributed by atoms with Crippen LogP contribution in [0, 0.1) is 0 Å². The molecule has 0 aliphatic carbocycles. The van der Waals surface area contributed by atoms with Crippen LogP contribution in [0.4, 0.5) is 0 Å². The Hall–Kier alpha value is 0.500. The van der Waals surface area contributed by atoms with Crippen LogP contribution in [0.15, 0.2) is 0 Å². The molecule has 2 N–H and O–H groups in total. The average Bonchev–Trinajstić information content (AvgIpc) is 1.77. The molecule has 1 aliphatic rings. The van der Waals surface area contributed by atoms with E-state index in [4.69, 9.17) is 23.2 Å². The van der Waals surface area contributed by atoms with Crippen LogP contribution in [-0.2, 0) is 0 Å². The van der Waals surface area contributed by atoms with Crippen molar-refractivity contribution < 1.29 is 0 Å². The molecule has 1 saturated heterocycles. The van der Waals surface area contributed by atoms with Crippen LogP contribution in [0.3, 0.4) is 0 Å². The summed E-state index contributed by atoms with van der Waals surface area (Å²) in [6.07, 6.45) is 0. The zero-order chi connectivity index (χ0) is 5.98. The van der Waals surface area contributed by atoms with Crippen LogP contribution in [-0.4, -0.2) is 24.1 Å². The Bertz CT molecular complexity index is 68.4. The molecule has 2 unspecified atom stereocenters. The minimum atomic E-state index is -0.120. The first kappa shape index (κ1) is 6.62. The maximum Gasteiger partial charge on any atom is 0.112 e. The van der Waals surface area contributed by atoms with Gasteiger partial charge in [0, 0.05) is 13.1 Å². The molecule has 0 bridgehead atoms. The molecular formula is C4H8Cl2N2. The van der Waals surface area contributed by atoms with E-state index in [0.29, 0.717) is 0 Å². The molecule has 8 heavy (non-hydrogen) atoms. The summed E-state index contributed by atoms with van der Waals surface area (Å²) in [5.74, 6) is 0. The summed E-state index contributed by atoms with van der Waals surface area (Å²) in [6.45, 7) is 1.80. The van der Waals surface area contributed by atoms with Crippen molar-refractivity contribution in [3.05, 3.63) is 0 Å². The van der Waals surface area contributed by atoms with Gasteiger partial charge in [0.05, 0.1) is 0 Å². The molecule has 1 fully saturated rings. The Morgan fingerprint density at radius 2 is 1.38 bits per heavy atom. The van der Waals surface area contributed by atoms with Gasteiger partial charge in [-0.25, -0.2) is 0 Å². The fraction of sp³-hybridized carbons (Fsp3) is 1.00. The summed E-state index contributed by atoms with van der Waals surface area (Å²) in [4.78, 5) is 0. The lowest BCUT2D eigenvalue weighted by Crippen LogP contribution is -2.50. The predicted octanol–water partition coefficient (Wildman–Crippen LogP) is 0.309. The van der Waals surface area contributed by atoms with Gasteiger partial charge in [-0.3, -0.25) is 10.6 Å². The molecule has 0 radical (unpaired) electrons. The van der Waals surface area contributed by atoms with Crippen LogP contribution >= 0.6 is 23.2 Å². The number of hydrogen-bond donors (Lipinski definition) is 2. The molecule has 4 heteroatoms. The fourth-order valence-corrected chi connectivity index (χ4v) is 1.02. The van der Waals surface area contributed by atoms with Crippen molar-refractivity contribution in [1.82, 2.24) is 10.6 Å². The van der Waals surface area contributed by atoms with E-state index < -0.39 is 0 Å². The van der Waals surface area contributed by atoms with E-state index in [2.05, 4.69) is 10.6 Å². The van der Waals surface area contributed by atoms with Gasteiger partial charge in [-0.1, -0.05) is 0 Å². The first-order valence-corrected chi connectivity index (χ1v) is 3.43. The van der Waals surface area contributed by atoms with E-state index in [9.17, 15) is 0 Å². The van der Waals surface area contributed by atoms with Gasteiger partial charge < -0.3 is 0 Å².